The van der Waals surface area contributed by atoms with E-state index in [0.717, 1.165) is 24.3 Å². The third kappa shape index (κ3) is 2.92. The second-order valence-corrected chi connectivity index (χ2v) is 3.66. The molecule has 0 bridgehead atoms. The van der Waals surface area contributed by atoms with Crippen LogP contribution in [0.5, 0.6) is 0 Å². The average Bonchev–Trinajstić information content (AvgIpc) is 2.83. The van der Waals surface area contributed by atoms with Gasteiger partial charge in [-0.15, -0.1) is 0 Å². The molecule has 0 atom stereocenters. The van der Waals surface area contributed by atoms with E-state index in [2.05, 4.69) is 15.5 Å². The lowest BCUT2D eigenvalue weighted by Gasteiger charge is -2.04. The molecule has 0 aliphatic carbocycles. The van der Waals surface area contributed by atoms with Crippen LogP contribution in [0.3, 0.4) is 0 Å². The first kappa shape index (κ1) is 10.9. The number of benzene rings is 1. The highest BCUT2D eigenvalue weighted by Crippen LogP contribution is 2.04. The van der Waals surface area contributed by atoms with Gasteiger partial charge in [0.2, 0.25) is 0 Å². The summed E-state index contributed by atoms with van der Waals surface area (Å²) in [6.07, 6.45) is 1.74. The standard InChI is InChI=1S/C12H15N3O/c16-9-11-3-1-10(2-4-11)7-13-8-12-5-6-14-15-12/h1-6,13,16H,7-9H2,(H,14,15). The molecule has 0 saturated heterocycles. The van der Waals surface area contributed by atoms with Gasteiger partial charge in [0.25, 0.3) is 0 Å². The Morgan fingerprint density at radius 2 is 1.81 bits per heavy atom. The molecule has 4 heteroatoms. The summed E-state index contributed by atoms with van der Waals surface area (Å²) in [4.78, 5) is 0. The quantitative estimate of drug-likeness (QED) is 0.705. The van der Waals surface area contributed by atoms with Crippen molar-refractivity contribution in [3.8, 4) is 0 Å². The SMILES string of the molecule is OCc1ccc(CNCc2ccn[nH]2)cc1. The zero-order valence-electron chi connectivity index (χ0n) is 8.98. The molecule has 1 aromatic heterocycles. The minimum absolute atomic E-state index is 0.0991. The van der Waals surface area contributed by atoms with E-state index < -0.39 is 0 Å². The van der Waals surface area contributed by atoms with Crippen molar-refractivity contribution in [2.45, 2.75) is 19.7 Å². The lowest BCUT2D eigenvalue weighted by molar-refractivity contribution is 0.282. The summed E-state index contributed by atoms with van der Waals surface area (Å²) >= 11 is 0. The van der Waals surface area contributed by atoms with Gasteiger partial charge in [-0.05, 0) is 17.2 Å². The Labute approximate surface area is 94.3 Å². The zero-order chi connectivity index (χ0) is 11.2. The number of aliphatic hydroxyl groups excluding tert-OH is 1. The van der Waals surface area contributed by atoms with Crippen LogP contribution in [0.2, 0.25) is 0 Å². The van der Waals surface area contributed by atoms with Crippen molar-refractivity contribution >= 4 is 0 Å². The molecule has 0 fully saturated rings. The topological polar surface area (TPSA) is 60.9 Å². The monoisotopic (exact) mass is 217 g/mol. The Bertz CT molecular complexity index is 408. The summed E-state index contributed by atoms with van der Waals surface area (Å²) in [6, 6.07) is 9.86. The van der Waals surface area contributed by atoms with Crippen LogP contribution in [-0.4, -0.2) is 15.3 Å². The summed E-state index contributed by atoms with van der Waals surface area (Å²) < 4.78 is 0. The van der Waals surface area contributed by atoms with Gasteiger partial charge in [0.05, 0.1) is 6.61 Å². The molecule has 0 aliphatic heterocycles. The van der Waals surface area contributed by atoms with E-state index in [9.17, 15) is 0 Å². The molecule has 1 heterocycles. The fourth-order valence-electron chi connectivity index (χ4n) is 1.49. The number of hydrogen-bond donors (Lipinski definition) is 3. The first-order chi connectivity index (χ1) is 7.88. The van der Waals surface area contributed by atoms with E-state index in [1.807, 2.05) is 30.3 Å². The molecular formula is C12H15N3O. The Hall–Kier alpha value is -1.65. The van der Waals surface area contributed by atoms with Crippen LogP contribution in [0.25, 0.3) is 0 Å². The van der Waals surface area contributed by atoms with Crippen molar-refractivity contribution in [1.82, 2.24) is 15.5 Å². The largest absolute Gasteiger partial charge is 0.392 e. The summed E-state index contributed by atoms with van der Waals surface area (Å²) in [5.41, 5.74) is 3.22. The summed E-state index contributed by atoms with van der Waals surface area (Å²) in [5.74, 6) is 0. The Morgan fingerprint density at radius 3 is 2.44 bits per heavy atom. The normalized spacial score (nSPS) is 10.6. The number of aromatic amines is 1. The molecular weight excluding hydrogens is 202 g/mol. The van der Waals surface area contributed by atoms with Gasteiger partial charge in [-0.3, -0.25) is 5.10 Å². The van der Waals surface area contributed by atoms with Crippen LogP contribution in [0.4, 0.5) is 0 Å². The van der Waals surface area contributed by atoms with Gasteiger partial charge in [0, 0.05) is 25.0 Å². The third-order valence-corrected chi connectivity index (χ3v) is 2.41. The van der Waals surface area contributed by atoms with Crippen LogP contribution >= 0.6 is 0 Å². The van der Waals surface area contributed by atoms with Gasteiger partial charge in [-0.1, -0.05) is 24.3 Å². The van der Waals surface area contributed by atoms with E-state index in [1.165, 1.54) is 5.56 Å². The molecule has 0 aliphatic rings. The van der Waals surface area contributed by atoms with Crippen molar-refractivity contribution in [2.24, 2.45) is 0 Å². The van der Waals surface area contributed by atoms with Crippen molar-refractivity contribution < 1.29 is 5.11 Å². The number of hydrogen-bond acceptors (Lipinski definition) is 3. The first-order valence-corrected chi connectivity index (χ1v) is 5.26. The predicted octanol–water partition coefficient (Wildman–Crippen LogP) is 1.19. The lowest BCUT2D eigenvalue weighted by atomic mass is 10.1. The van der Waals surface area contributed by atoms with Crippen LogP contribution < -0.4 is 5.32 Å². The second-order valence-electron chi connectivity index (χ2n) is 3.66. The number of nitrogens with zero attached hydrogens (tertiary/aromatic N) is 1. The summed E-state index contributed by atoms with van der Waals surface area (Å²) in [5, 5.41) is 19.0. The Morgan fingerprint density at radius 1 is 1.06 bits per heavy atom. The molecule has 0 amide bonds. The fraction of sp³-hybridized carbons (Fsp3) is 0.250. The van der Waals surface area contributed by atoms with Crippen LogP contribution in [0.15, 0.2) is 36.5 Å². The molecule has 0 unspecified atom stereocenters. The molecule has 0 saturated carbocycles. The maximum Gasteiger partial charge on any atom is 0.0681 e. The highest BCUT2D eigenvalue weighted by molar-refractivity contribution is 5.21. The van der Waals surface area contributed by atoms with Crippen molar-refractivity contribution in [1.29, 1.82) is 0 Å². The van der Waals surface area contributed by atoms with Crippen molar-refractivity contribution in [3.05, 3.63) is 53.3 Å². The van der Waals surface area contributed by atoms with E-state index in [-0.39, 0.29) is 6.61 Å². The van der Waals surface area contributed by atoms with E-state index in [0.29, 0.717) is 0 Å². The van der Waals surface area contributed by atoms with Crippen LogP contribution in [-0.2, 0) is 19.7 Å². The predicted molar refractivity (Wildman–Crippen MR) is 61.5 cm³/mol. The highest BCUT2D eigenvalue weighted by atomic mass is 16.3. The van der Waals surface area contributed by atoms with E-state index in [4.69, 9.17) is 5.11 Å². The van der Waals surface area contributed by atoms with Crippen molar-refractivity contribution in [2.75, 3.05) is 0 Å². The van der Waals surface area contributed by atoms with Gasteiger partial charge in [0.15, 0.2) is 0 Å². The number of aromatic nitrogens is 2. The molecule has 0 spiro atoms. The van der Waals surface area contributed by atoms with Gasteiger partial charge in [0.1, 0.15) is 0 Å². The smallest absolute Gasteiger partial charge is 0.0681 e. The number of rotatable bonds is 5. The van der Waals surface area contributed by atoms with Gasteiger partial charge >= 0.3 is 0 Å². The highest BCUT2D eigenvalue weighted by Gasteiger charge is 1.95. The van der Waals surface area contributed by atoms with Crippen molar-refractivity contribution in [3.63, 3.8) is 0 Å². The van der Waals surface area contributed by atoms with Gasteiger partial charge in [-0.25, -0.2) is 0 Å². The molecule has 2 aromatic rings. The lowest BCUT2D eigenvalue weighted by Crippen LogP contribution is -2.12. The Kier molecular flexibility index (Phi) is 3.69. The van der Waals surface area contributed by atoms with Gasteiger partial charge in [-0.2, -0.15) is 5.10 Å². The third-order valence-electron chi connectivity index (χ3n) is 2.41. The van der Waals surface area contributed by atoms with Crippen LogP contribution in [0.1, 0.15) is 16.8 Å². The molecule has 0 radical (unpaired) electrons. The maximum atomic E-state index is 8.90. The molecule has 4 nitrogen and oxygen atoms in total. The molecule has 1 aromatic carbocycles. The van der Waals surface area contributed by atoms with Gasteiger partial charge < -0.3 is 10.4 Å². The number of aliphatic hydroxyl groups is 1. The average molecular weight is 217 g/mol. The van der Waals surface area contributed by atoms with E-state index >= 15 is 0 Å². The summed E-state index contributed by atoms with van der Waals surface area (Å²) in [6.45, 7) is 1.69. The molecule has 84 valence electrons. The maximum absolute atomic E-state index is 8.90. The number of H-pyrrole nitrogens is 1. The van der Waals surface area contributed by atoms with E-state index in [1.54, 1.807) is 6.20 Å². The van der Waals surface area contributed by atoms with Crippen LogP contribution in [0, 0.1) is 0 Å². The second kappa shape index (κ2) is 5.44. The Balaban J connectivity index is 1.81. The molecule has 16 heavy (non-hydrogen) atoms. The molecule has 2 rings (SSSR count). The summed E-state index contributed by atoms with van der Waals surface area (Å²) in [7, 11) is 0. The zero-order valence-corrected chi connectivity index (χ0v) is 8.98. The minimum atomic E-state index is 0.0991. The number of nitrogens with one attached hydrogen (secondary N) is 2. The minimum Gasteiger partial charge on any atom is -0.392 e. The first-order valence-electron chi connectivity index (χ1n) is 5.26. The fourth-order valence-corrected chi connectivity index (χ4v) is 1.49. The molecule has 3 N–H and O–H groups in total.